The van der Waals surface area contributed by atoms with Crippen molar-refractivity contribution >= 4 is 11.7 Å². The Labute approximate surface area is 114 Å². The summed E-state index contributed by atoms with van der Waals surface area (Å²) >= 11 is 0. The second-order valence-electron chi connectivity index (χ2n) is 4.95. The van der Waals surface area contributed by atoms with Crippen LogP contribution in [0.15, 0.2) is 12.3 Å². The van der Waals surface area contributed by atoms with Gasteiger partial charge in [-0.15, -0.1) is 0 Å². The third-order valence-electron chi connectivity index (χ3n) is 3.55. The first kappa shape index (κ1) is 14.6. The molecule has 1 fully saturated rings. The van der Waals surface area contributed by atoms with E-state index in [0.717, 1.165) is 0 Å². The number of carboxylic acids is 1. The highest BCUT2D eigenvalue weighted by molar-refractivity contribution is 5.94. The molecule has 20 heavy (non-hydrogen) atoms. The quantitative estimate of drug-likeness (QED) is 0.909. The monoisotopic (exact) mass is 288 g/mol. The van der Waals surface area contributed by atoms with Gasteiger partial charge in [-0.25, -0.2) is 4.79 Å². The molecule has 110 valence electrons. The van der Waals surface area contributed by atoms with E-state index in [-0.39, 0.29) is 31.5 Å². The predicted molar refractivity (Wildman–Crippen MR) is 66.9 cm³/mol. The van der Waals surface area contributed by atoms with Crippen LogP contribution in [-0.4, -0.2) is 35.3 Å². The number of anilines is 1. The lowest BCUT2D eigenvalue weighted by Crippen LogP contribution is -2.39. The number of pyridine rings is 1. The zero-order chi connectivity index (χ0) is 14.9. The molecule has 1 saturated heterocycles. The summed E-state index contributed by atoms with van der Waals surface area (Å²) < 4.78 is 37.9. The summed E-state index contributed by atoms with van der Waals surface area (Å²) in [6.45, 7) is 2.12. The summed E-state index contributed by atoms with van der Waals surface area (Å²) in [6.07, 6.45) is -2.94. The van der Waals surface area contributed by atoms with Crippen LogP contribution in [0.3, 0.4) is 0 Å². The van der Waals surface area contributed by atoms with Crippen molar-refractivity contribution in [1.82, 2.24) is 4.98 Å². The largest absolute Gasteiger partial charge is 0.478 e. The first-order valence-corrected chi connectivity index (χ1v) is 6.30. The molecule has 7 heteroatoms. The van der Waals surface area contributed by atoms with E-state index in [9.17, 15) is 18.0 Å². The molecule has 0 unspecified atom stereocenters. The van der Waals surface area contributed by atoms with Crippen molar-refractivity contribution in [3.05, 3.63) is 23.5 Å². The fourth-order valence-corrected chi connectivity index (χ4v) is 2.42. The summed E-state index contributed by atoms with van der Waals surface area (Å²) in [7, 11) is 0. The third kappa shape index (κ3) is 3.02. The highest BCUT2D eigenvalue weighted by atomic mass is 19.4. The Kier molecular flexibility index (Phi) is 3.87. The van der Waals surface area contributed by atoms with E-state index in [1.54, 1.807) is 17.9 Å². The molecular formula is C13H15F3N2O2. The molecule has 1 aliphatic rings. The first-order valence-electron chi connectivity index (χ1n) is 6.30. The molecule has 0 radical (unpaired) electrons. The molecule has 0 aliphatic carbocycles. The molecule has 0 atom stereocenters. The Morgan fingerprint density at radius 1 is 1.40 bits per heavy atom. The van der Waals surface area contributed by atoms with Crippen LogP contribution < -0.4 is 4.90 Å². The lowest BCUT2D eigenvalue weighted by atomic mass is 9.95. The Balaban J connectivity index is 2.18. The standard InChI is InChI=1S/C13H15F3N2O2/c1-8-6-11(10(7-17-8)12(19)20)18-4-2-9(3-5-18)13(14,15)16/h6-7,9H,2-5H2,1H3,(H,19,20). The smallest absolute Gasteiger partial charge is 0.391 e. The van der Waals surface area contributed by atoms with Gasteiger partial charge in [0.1, 0.15) is 5.56 Å². The van der Waals surface area contributed by atoms with Crippen molar-refractivity contribution < 1.29 is 23.1 Å². The van der Waals surface area contributed by atoms with Crippen molar-refractivity contribution in [2.75, 3.05) is 18.0 Å². The van der Waals surface area contributed by atoms with Gasteiger partial charge in [-0.1, -0.05) is 0 Å². The number of hydrogen-bond acceptors (Lipinski definition) is 3. The predicted octanol–water partition coefficient (Wildman–Crippen LogP) is 2.87. The van der Waals surface area contributed by atoms with Crippen molar-refractivity contribution in [2.45, 2.75) is 25.9 Å². The summed E-state index contributed by atoms with van der Waals surface area (Å²) in [6, 6.07) is 1.61. The average Bonchev–Trinajstić information content (AvgIpc) is 2.37. The minimum atomic E-state index is -4.17. The van der Waals surface area contributed by atoms with Crippen molar-refractivity contribution in [1.29, 1.82) is 0 Å². The van der Waals surface area contributed by atoms with Crippen molar-refractivity contribution in [3.8, 4) is 0 Å². The molecule has 0 spiro atoms. The molecular weight excluding hydrogens is 273 g/mol. The maximum Gasteiger partial charge on any atom is 0.391 e. The van der Waals surface area contributed by atoms with Crippen LogP contribution in [0.5, 0.6) is 0 Å². The SMILES string of the molecule is Cc1cc(N2CCC(C(F)(F)F)CC2)c(C(=O)O)cn1. The summed E-state index contributed by atoms with van der Waals surface area (Å²) in [5, 5.41) is 9.12. The molecule has 1 N–H and O–H groups in total. The minimum Gasteiger partial charge on any atom is -0.478 e. The number of piperidine rings is 1. The zero-order valence-corrected chi connectivity index (χ0v) is 10.9. The lowest BCUT2D eigenvalue weighted by molar-refractivity contribution is -0.179. The van der Waals surface area contributed by atoms with E-state index in [0.29, 0.717) is 11.4 Å². The maximum absolute atomic E-state index is 12.6. The molecule has 0 bridgehead atoms. The van der Waals surface area contributed by atoms with Gasteiger partial charge in [0, 0.05) is 25.0 Å². The Hall–Kier alpha value is -1.79. The van der Waals surface area contributed by atoms with Crippen LogP contribution in [0.4, 0.5) is 18.9 Å². The van der Waals surface area contributed by atoms with Crippen LogP contribution >= 0.6 is 0 Å². The molecule has 1 aliphatic heterocycles. The van der Waals surface area contributed by atoms with Gasteiger partial charge in [-0.05, 0) is 25.8 Å². The number of carbonyl (C=O) groups is 1. The van der Waals surface area contributed by atoms with Crippen molar-refractivity contribution in [3.63, 3.8) is 0 Å². The molecule has 0 amide bonds. The fourth-order valence-electron chi connectivity index (χ4n) is 2.42. The number of aromatic carboxylic acids is 1. The molecule has 0 aromatic carbocycles. The average molecular weight is 288 g/mol. The summed E-state index contributed by atoms with van der Waals surface area (Å²) in [5.41, 5.74) is 1.12. The van der Waals surface area contributed by atoms with Crippen molar-refractivity contribution in [2.24, 2.45) is 5.92 Å². The number of halogens is 3. The fraction of sp³-hybridized carbons (Fsp3) is 0.538. The second-order valence-corrected chi connectivity index (χ2v) is 4.95. The molecule has 4 nitrogen and oxygen atoms in total. The number of rotatable bonds is 2. The number of carboxylic acid groups (broad SMARTS) is 1. The van der Waals surface area contributed by atoms with Crippen LogP contribution in [-0.2, 0) is 0 Å². The Morgan fingerprint density at radius 2 is 2.00 bits per heavy atom. The molecule has 2 rings (SSSR count). The van der Waals surface area contributed by atoms with E-state index in [1.807, 2.05) is 0 Å². The number of nitrogens with zero attached hydrogens (tertiary/aromatic N) is 2. The molecule has 0 saturated carbocycles. The van der Waals surface area contributed by atoms with Gasteiger partial charge in [0.15, 0.2) is 0 Å². The maximum atomic E-state index is 12.6. The molecule has 1 aromatic heterocycles. The summed E-state index contributed by atoms with van der Waals surface area (Å²) in [5.74, 6) is -2.42. The number of hydrogen-bond donors (Lipinski definition) is 1. The zero-order valence-electron chi connectivity index (χ0n) is 10.9. The Bertz CT molecular complexity index is 509. The number of alkyl halides is 3. The van der Waals surface area contributed by atoms with Crippen LogP contribution in [0.25, 0.3) is 0 Å². The van der Waals surface area contributed by atoms with E-state index in [4.69, 9.17) is 5.11 Å². The van der Waals surface area contributed by atoms with Crippen LogP contribution in [0, 0.1) is 12.8 Å². The highest BCUT2D eigenvalue weighted by Crippen LogP contribution is 2.36. The van der Waals surface area contributed by atoms with Gasteiger partial charge in [0.05, 0.1) is 11.6 Å². The van der Waals surface area contributed by atoms with E-state index in [2.05, 4.69) is 4.98 Å². The highest BCUT2D eigenvalue weighted by Gasteiger charge is 2.41. The first-order chi connectivity index (χ1) is 9.29. The van der Waals surface area contributed by atoms with Gasteiger partial charge < -0.3 is 10.0 Å². The Morgan fingerprint density at radius 3 is 2.50 bits per heavy atom. The van der Waals surface area contributed by atoms with Gasteiger partial charge in [-0.3, -0.25) is 4.98 Å². The second kappa shape index (κ2) is 5.30. The number of aryl methyl sites for hydroxylation is 1. The van der Waals surface area contributed by atoms with E-state index >= 15 is 0 Å². The van der Waals surface area contributed by atoms with Gasteiger partial charge in [-0.2, -0.15) is 13.2 Å². The van der Waals surface area contributed by atoms with Crippen LogP contribution in [0.1, 0.15) is 28.9 Å². The normalized spacial score (nSPS) is 17.3. The number of aromatic nitrogens is 1. The third-order valence-corrected chi connectivity index (χ3v) is 3.55. The van der Waals surface area contributed by atoms with Gasteiger partial charge in [0.25, 0.3) is 0 Å². The van der Waals surface area contributed by atoms with Gasteiger partial charge >= 0.3 is 12.1 Å². The minimum absolute atomic E-state index is 0.00999. The topological polar surface area (TPSA) is 53.4 Å². The molecule has 1 aromatic rings. The van der Waals surface area contributed by atoms with E-state index in [1.165, 1.54) is 6.20 Å². The van der Waals surface area contributed by atoms with Crippen LogP contribution in [0.2, 0.25) is 0 Å². The van der Waals surface area contributed by atoms with Gasteiger partial charge in [0.2, 0.25) is 0 Å². The lowest BCUT2D eigenvalue weighted by Gasteiger charge is -2.35. The molecule has 2 heterocycles. The van der Waals surface area contributed by atoms with E-state index < -0.39 is 18.1 Å². The summed E-state index contributed by atoms with van der Waals surface area (Å²) in [4.78, 5) is 16.8.